The first-order valence-electron chi connectivity index (χ1n) is 9.40. The molecule has 8 nitrogen and oxygen atoms in total. The summed E-state index contributed by atoms with van der Waals surface area (Å²) >= 11 is 0. The second-order valence-electron chi connectivity index (χ2n) is 6.74. The Hall–Kier alpha value is -4.06. The number of aryl methyl sites for hydroxylation is 1. The lowest BCUT2D eigenvalue weighted by molar-refractivity contribution is 0.628. The minimum atomic E-state index is -0.285. The van der Waals surface area contributed by atoms with Gasteiger partial charge in [0.2, 0.25) is 0 Å². The number of rotatable bonds is 5. The SMILES string of the molecule is CCc1c(Nc2cc(-n3nc(C)c(C#N)c3C)ncn2)n[nH]c1-c1ccc(F)cc1. The molecule has 0 bridgehead atoms. The lowest BCUT2D eigenvalue weighted by Gasteiger charge is -2.08. The van der Waals surface area contributed by atoms with Gasteiger partial charge in [0.25, 0.3) is 0 Å². The summed E-state index contributed by atoms with van der Waals surface area (Å²) in [6.07, 6.45) is 2.14. The molecule has 3 heterocycles. The van der Waals surface area contributed by atoms with Crippen molar-refractivity contribution in [2.24, 2.45) is 0 Å². The number of nitrogens with zero attached hydrogens (tertiary/aromatic N) is 6. The van der Waals surface area contributed by atoms with E-state index in [0.29, 0.717) is 40.8 Å². The molecule has 0 atom stereocenters. The van der Waals surface area contributed by atoms with Gasteiger partial charge in [-0.25, -0.2) is 19.0 Å². The molecular weight excluding hydrogens is 383 g/mol. The van der Waals surface area contributed by atoms with E-state index < -0.39 is 0 Å². The smallest absolute Gasteiger partial charge is 0.159 e. The minimum Gasteiger partial charge on any atom is -0.323 e. The molecule has 0 fully saturated rings. The van der Waals surface area contributed by atoms with Crippen LogP contribution in [-0.2, 0) is 6.42 Å². The van der Waals surface area contributed by atoms with Crippen LogP contribution in [0.25, 0.3) is 17.1 Å². The van der Waals surface area contributed by atoms with Crippen LogP contribution in [-0.4, -0.2) is 29.9 Å². The molecule has 0 amide bonds. The van der Waals surface area contributed by atoms with Crippen molar-refractivity contribution in [3.05, 3.63) is 65.0 Å². The van der Waals surface area contributed by atoms with Gasteiger partial charge in [-0.2, -0.15) is 15.5 Å². The second-order valence-corrected chi connectivity index (χ2v) is 6.74. The molecule has 2 N–H and O–H groups in total. The molecule has 0 radical (unpaired) electrons. The molecule has 9 heteroatoms. The number of hydrogen-bond donors (Lipinski definition) is 2. The van der Waals surface area contributed by atoms with Crippen LogP contribution < -0.4 is 5.32 Å². The van der Waals surface area contributed by atoms with Gasteiger partial charge in [-0.05, 0) is 44.5 Å². The van der Waals surface area contributed by atoms with Crippen molar-refractivity contribution in [2.75, 3.05) is 5.32 Å². The van der Waals surface area contributed by atoms with Gasteiger partial charge >= 0.3 is 0 Å². The molecule has 0 saturated carbocycles. The number of nitrogens with one attached hydrogen (secondary N) is 2. The first-order valence-corrected chi connectivity index (χ1v) is 9.40. The molecule has 4 rings (SSSR count). The van der Waals surface area contributed by atoms with E-state index in [2.05, 4.69) is 36.7 Å². The molecule has 3 aromatic heterocycles. The number of halogens is 1. The van der Waals surface area contributed by atoms with Crippen LogP contribution in [0.4, 0.5) is 16.0 Å². The van der Waals surface area contributed by atoms with Gasteiger partial charge in [0.1, 0.15) is 24.0 Å². The average molecular weight is 402 g/mol. The van der Waals surface area contributed by atoms with Crippen LogP contribution in [0, 0.1) is 31.0 Å². The topological polar surface area (TPSA) is 108 Å². The highest BCUT2D eigenvalue weighted by Gasteiger charge is 2.16. The molecule has 0 unspecified atom stereocenters. The molecule has 0 aliphatic rings. The normalized spacial score (nSPS) is 10.8. The predicted octanol–water partition coefficient (Wildman–Crippen LogP) is 3.99. The fourth-order valence-corrected chi connectivity index (χ4v) is 3.35. The Morgan fingerprint density at radius 2 is 1.97 bits per heavy atom. The molecule has 30 heavy (non-hydrogen) atoms. The molecule has 4 aromatic rings. The fraction of sp³-hybridized carbons (Fsp3) is 0.190. The summed E-state index contributed by atoms with van der Waals surface area (Å²) in [5, 5.41) is 24.3. The molecule has 0 aliphatic heterocycles. The third-order valence-electron chi connectivity index (χ3n) is 4.87. The van der Waals surface area contributed by atoms with Gasteiger partial charge in [0, 0.05) is 17.2 Å². The van der Waals surface area contributed by atoms with Gasteiger partial charge in [0.15, 0.2) is 11.6 Å². The lowest BCUT2D eigenvalue weighted by Crippen LogP contribution is -2.05. The van der Waals surface area contributed by atoms with E-state index in [-0.39, 0.29) is 5.82 Å². The van der Waals surface area contributed by atoms with E-state index in [1.807, 2.05) is 13.8 Å². The average Bonchev–Trinajstić information content (AvgIpc) is 3.28. The molecule has 0 saturated heterocycles. The Morgan fingerprint density at radius 1 is 1.20 bits per heavy atom. The predicted molar refractivity (Wildman–Crippen MR) is 110 cm³/mol. The van der Waals surface area contributed by atoms with Crippen LogP contribution in [0.3, 0.4) is 0 Å². The summed E-state index contributed by atoms with van der Waals surface area (Å²) in [4.78, 5) is 8.56. The van der Waals surface area contributed by atoms with Crippen molar-refractivity contribution in [3.8, 4) is 23.1 Å². The summed E-state index contributed by atoms with van der Waals surface area (Å²) in [6.45, 7) is 5.63. The largest absolute Gasteiger partial charge is 0.323 e. The zero-order chi connectivity index (χ0) is 21.3. The van der Waals surface area contributed by atoms with Crippen molar-refractivity contribution < 1.29 is 4.39 Å². The quantitative estimate of drug-likeness (QED) is 0.523. The second kappa shape index (κ2) is 7.75. The zero-order valence-electron chi connectivity index (χ0n) is 16.7. The third-order valence-corrected chi connectivity index (χ3v) is 4.87. The van der Waals surface area contributed by atoms with Crippen LogP contribution in [0.5, 0.6) is 0 Å². The summed E-state index contributed by atoms with van der Waals surface area (Å²) in [7, 11) is 0. The Kier molecular flexibility index (Phi) is 4.98. The number of aromatic amines is 1. The van der Waals surface area contributed by atoms with Gasteiger partial charge in [-0.15, -0.1) is 0 Å². The monoisotopic (exact) mass is 402 g/mol. The number of aromatic nitrogens is 6. The molecule has 1 aromatic carbocycles. The van der Waals surface area contributed by atoms with Crippen LogP contribution >= 0.6 is 0 Å². The van der Waals surface area contributed by atoms with E-state index in [4.69, 9.17) is 0 Å². The zero-order valence-corrected chi connectivity index (χ0v) is 16.7. The van der Waals surface area contributed by atoms with Crippen molar-refractivity contribution in [1.29, 1.82) is 5.26 Å². The Balaban J connectivity index is 1.67. The maximum atomic E-state index is 13.3. The lowest BCUT2D eigenvalue weighted by atomic mass is 10.1. The van der Waals surface area contributed by atoms with E-state index in [9.17, 15) is 9.65 Å². The van der Waals surface area contributed by atoms with E-state index in [1.54, 1.807) is 29.8 Å². The fourth-order valence-electron chi connectivity index (χ4n) is 3.35. The van der Waals surface area contributed by atoms with Gasteiger partial charge in [-0.3, -0.25) is 5.10 Å². The Labute approximate surface area is 172 Å². The van der Waals surface area contributed by atoms with E-state index in [0.717, 1.165) is 16.8 Å². The number of benzene rings is 1. The van der Waals surface area contributed by atoms with Crippen molar-refractivity contribution >= 4 is 11.6 Å². The number of H-pyrrole nitrogens is 1. The van der Waals surface area contributed by atoms with Crippen LogP contribution in [0.15, 0.2) is 36.7 Å². The van der Waals surface area contributed by atoms with E-state index in [1.165, 1.54) is 18.5 Å². The van der Waals surface area contributed by atoms with Crippen LogP contribution in [0.1, 0.15) is 29.4 Å². The number of hydrogen-bond acceptors (Lipinski definition) is 6. The Bertz CT molecular complexity index is 1250. The summed E-state index contributed by atoms with van der Waals surface area (Å²) in [5.41, 5.74) is 4.53. The van der Waals surface area contributed by atoms with Crippen molar-refractivity contribution in [2.45, 2.75) is 27.2 Å². The molecule has 150 valence electrons. The van der Waals surface area contributed by atoms with Gasteiger partial charge in [-0.1, -0.05) is 6.92 Å². The molecular formula is C21H19FN8. The van der Waals surface area contributed by atoms with Gasteiger partial charge < -0.3 is 5.32 Å². The standard InChI is InChI=1S/C21H19FN8/c1-4-16-20(14-5-7-15(22)8-6-14)27-28-21(16)26-18-9-19(25-11-24-18)30-13(3)17(10-23)12(2)29-30/h5-9,11H,4H2,1-3H3,(H2,24,25,26,27,28). The first kappa shape index (κ1) is 19.3. The van der Waals surface area contributed by atoms with Crippen LogP contribution in [0.2, 0.25) is 0 Å². The van der Waals surface area contributed by atoms with E-state index >= 15 is 0 Å². The number of nitriles is 1. The maximum absolute atomic E-state index is 13.3. The highest BCUT2D eigenvalue weighted by atomic mass is 19.1. The highest BCUT2D eigenvalue weighted by molar-refractivity contribution is 5.71. The molecule has 0 aliphatic carbocycles. The Morgan fingerprint density at radius 3 is 2.63 bits per heavy atom. The van der Waals surface area contributed by atoms with Crippen molar-refractivity contribution in [3.63, 3.8) is 0 Å². The van der Waals surface area contributed by atoms with Crippen molar-refractivity contribution in [1.82, 2.24) is 29.9 Å². The molecule has 0 spiro atoms. The summed E-state index contributed by atoms with van der Waals surface area (Å²) in [5.74, 6) is 1.43. The third kappa shape index (κ3) is 3.39. The maximum Gasteiger partial charge on any atom is 0.159 e. The first-order chi connectivity index (χ1) is 14.5. The summed E-state index contributed by atoms with van der Waals surface area (Å²) < 4.78 is 14.9. The van der Waals surface area contributed by atoms with Gasteiger partial charge in [0.05, 0.1) is 22.6 Å². The highest BCUT2D eigenvalue weighted by Crippen LogP contribution is 2.29. The summed E-state index contributed by atoms with van der Waals surface area (Å²) in [6, 6.07) is 10.2. The number of anilines is 2. The minimum absolute atomic E-state index is 0.285.